The molecule has 1 heterocycles. The lowest BCUT2D eigenvalue weighted by Crippen LogP contribution is -2.86. The van der Waals surface area contributed by atoms with Gasteiger partial charge in [-0.25, -0.2) is 0 Å². The normalized spacial score (nSPS) is 25.3. The molecule has 0 aromatic carbocycles. The molecule has 0 atom stereocenters. The second-order valence-electron chi connectivity index (χ2n) is 2.04. The van der Waals surface area contributed by atoms with Gasteiger partial charge >= 0.3 is 0 Å². The summed E-state index contributed by atoms with van der Waals surface area (Å²) < 4.78 is 0. The first-order valence-corrected chi connectivity index (χ1v) is 3.77. The van der Waals surface area contributed by atoms with Crippen LogP contribution in [0.4, 0.5) is 0 Å². The van der Waals surface area contributed by atoms with Crippen LogP contribution in [0.25, 0.3) is 0 Å². The van der Waals surface area contributed by atoms with Gasteiger partial charge in [0.2, 0.25) is 0 Å². The number of hydrogen-bond donors (Lipinski definition) is 1. The number of rotatable bonds is 0. The molecular formula is C5H11BrN+. The van der Waals surface area contributed by atoms with Crippen molar-refractivity contribution in [1.29, 1.82) is 0 Å². The van der Waals surface area contributed by atoms with E-state index in [0.717, 1.165) is 4.83 Å². The van der Waals surface area contributed by atoms with Crippen LogP contribution in [0.1, 0.15) is 12.8 Å². The highest BCUT2D eigenvalue weighted by atomic mass is 79.9. The Labute approximate surface area is 52.6 Å². The van der Waals surface area contributed by atoms with Crippen LogP contribution in [0.3, 0.4) is 0 Å². The zero-order chi connectivity index (χ0) is 5.11. The number of quaternary nitrogens is 1. The van der Waals surface area contributed by atoms with E-state index in [1.807, 2.05) is 0 Å². The molecule has 1 aliphatic rings. The molecule has 1 aliphatic heterocycles. The Kier molecular flexibility index (Phi) is 2.13. The fraction of sp³-hybridized carbons (Fsp3) is 1.00. The Morgan fingerprint density at radius 2 is 1.86 bits per heavy atom. The summed E-state index contributed by atoms with van der Waals surface area (Å²) in [5.74, 6) is 0. The molecule has 0 radical (unpaired) electrons. The van der Waals surface area contributed by atoms with Gasteiger partial charge < -0.3 is 5.32 Å². The molecule has 0 unspecified atom stereocenters. The monoisotopic (exact) mass is 164 g/mol. The summed E-state index contributed by atoms with van der Waals surface area (Å²) >= 11 is 3.57. The van der Waals surface area contributed by atoms with Crippen molar-refractivity contribution in [3.8, 4) is 0 Å². The Hall–Kier alpha value is 0.440. The Balaban J connectivity index is 2.12. The highest BCUT2D eigenvalue weighted by Crippen LogP contribution is 2.08. The van der Waals surface area contributed by atoms with E-state index in [0.29, 0.717) is 0 Å². The molecule has 1 fully saturated rings. The highest BCUT2D eigenvalue weighted by Gasteiger charge is 2.09. The van der Waals surface area contributed by atoms with Gasteiger partial charge in [0.15, 0.2) is 0 Å². The van der Waals surface area contributed by atoms with Crippen LogP contribution in [0.2, 0.25) is 0 Å². The van der Waals surface area contributed by atoms with E-state index in [-0.39, 0.29) is 0 Å². The van der Waals surface area contributed by atoms with E-state index in [1.54, 1.807) is 0 Å². The molecule has 7 heavy (non-hydrogen) atoms. The largest absolute Gasteiger partial charge is 0.346 e. The van der Waals surface area contributed by atoms with Gasteiger partial charge in [0.05, 0.1) is 13.1 Å². The maximum atomic E-state index is 3.57. The number of piperidine rings is 1. The van der Waals surface area contributed by atoms with Gasteiger partial charge in [-0.1, -0.05) is 15.9 Å². The fourth-order valence-corrected chi connectivity index (χ4v) is 1.41. The Bertz CT molecular complexity index is 50.0. The molecule has 2 heteroatoms. The van der Waals surface area contributed by atoms with Gasteiger partial charge in [0, 0.05) is 17.7 Å². The van der Waals surface area contributed by atoms with Crippen LogP contribution in [0, 0.1) is 0 Å². The predicted octanol–water partition coefficient (Wildman–Crippen LogP) is 0.107. The van der Waals surface area contributed by atoms with Crippen molar-refractivity contribution in [1.82, 2.24) is 0 Å². The summed E-state index contributed by atoms with van der Waals surface area (Å²) in [6.07, 6.45) is 2.69. The average molecular weight is 165 g/mol. The summed E-state index contributed by atoms with van der Waals surface area (Å²) in [6.45, 7) is 2.63. The third kappa shape index (κ3) is 1.78. The Morgan fingerprint density at radius 1 is 1.29 bits per heavy atom. The number of nitrogens with two attached hydrogens (primary N) is 1. The first-order chi connectivity index (χ1) is 3.39. The van der Waals surface area contributed by atoms with Crippen LogP contribution < -0.4 is 5.32 Å². The van der Waals surface area contributed by atoms with Crippen molar-refractivity contribution >= 4 is 15.9 Å². The molecule has 1 saturated heterocycles. The van der Waals surface area contributed by atoms with Crippen LogP contribution >= 0.6 is 15.9 Å². The summed E-state index contributed by atoms with van der Waals surface area (Å²) in [7, 11) is 0. The minimum Gasteiger partial charge on any atom is -0.346 e. The van der Waals surface area contributed by atoms with Crippen molar-refractivity contribution in [2.75, 3.05) is 13.1 Å². The second-order valence-corrected chi connectivity index (χ2v) is 3.34. The lowest BCUT2D eigenvalue weighted by Gasteiger charge is -2.12. The number of hydrogen-bond acceptors (Lipinski definition) is 0. The third-order valence-corrected chi connectivity index (χ3v) is 2.28. The van der Waals surface area contributed by atoms with Gasteiger partial charge in [-0.05, 0) is 0 Å². The lowest BCUT2D eigenvalue weighted by molar-refractivity contribution is -0.661. The van der Waals surface area contributed by atoms with Crippen LogP contribution in [-0.2, 0) is 0 Å². The summed E-state index contributed by atoms with van der Waals surface area (Å²) in [6, 6.07) is 0. The van der Waals surface area contributed by atoms with Gasteiger partial charge in [-0.3, -0.25) is 0 Å². The maximum Gasteiger partial charge on any atom is 0.0766 e. The molecule has 0 aliphatic carbocycles. The van der Waals surface area contributed by atoms with E-state index in [1.165, 1.54) is 25.9 Å². The molecule has 0 aromatic heterocycles. The van der Waals surface area contributed by atoms with Crippen molar-refractivity contribution in [3.63, 3.8) is 0 Å². The van der Waals surface area contributed by atoms with E-state index in [4.69, 9.17) is 0 Å². The average Bonchev–Trinajstić information content (AvgIpc) is 1.69. The second kappa shape index (κ2) is 2.68. The first-order valence-electron chi connectivity index (χ1n) is 2.85. The highest BCUT2D eigenvalue weighted by molar-refractivity contribution is 9.09. The smallest absolute Gasteiger partial charge is 0.0766 e. The van der Waals surface area contributed by atoms with E-state index >= 15 is 0 Å². The van der Waals surface area contributed by atoms with Crippen molar-refractivity contribution in [3.05, 3.63) is 0 Å². The minimum absolute atomic E-state index is 0.817. The summed E-state index contributed by atoms with van der Waals surface area (Å²) in [5, 5.41) is 2.37. The topological polar surface area (TPSA) is 16.6 Å². The predicted molar refractivity (Wildman–Crippen MR) is 33.6 cm³/mol. The van der Waals surface area contributed by atoms with Gasteiger partial charge in [-0.15, -0.1) is 0 Å². The molecule has 1 nitrogen and oxygen atoms in total. The van der Waals surface area contributed by atoms with Gasteiger partial charge in [0.1, 0.15) is 0 Å². The molecule has 0 amide bonds. The molecule has 42 valence electrons. The molecule has 0 spiro atoms. The van der Waals surface area contributed by atoms with Gasteiger partial charge in [0.25, 0.3) is 0 Å². The van der Waals surface area contributed by atoms with Crippen LogP contribution in [-0.4, -0.2) is 17.9 Å². The van der Waals surface area contributed by atoms with Crippen LogP contribution in [0.5, 0.6) is 0 Å². The van der Waals surface area contributed by atoms with Crippen molar-refractivity contribution in [2.45, 2.75) is 17.7 Å². The molecule has 0 aromatic rings. The number of halogens is 1. The van der Waals surface area contributed by atoms with E-state index in [9.17, 15) is 0 Å². The molecule has 1 rings (SSSR count). The molecular weight excluding hydrogens is 154 g/mol. The van der Waals surface area contributed by atoms with Crippen molar-refractivity contribution < 1.29 is 5.32 Å². The first kappa shape index (κ1) is 5.57. The van der Waals surface area contributed by atoms with E-state index < -0.39 is 0 Å². The molecule has 2 N–H and O–H groups in total. The molecule has 0 saturated carbocycles. The lowest BCUT2D eigenvalue weighted by atomic mass is 10.2. The summed E-state index contributed by atoms with van der Waals surface area (Å²) in [5.41, 5.74) is 0. The minimum atomic E-state index is 0.817. The van der Waals surface area contributed by atoms with Crippen LogP contribution in [0.15, 0.2) is 0 Å². The summed E-state index contributed by atoms with van der Waals surface area (Å²) in [4.78, 5) is 0.817. The molecule has 0 bridgehead atoms. The number of alkyl halides is 1. The van der Waals surface area contributed by atoms with E-state index in [2.05, 4.69) is 21.2 Å². The SMILES string of the molecule is BrC1CC[NH2+]CC1. The standard InChI is InChI=1S/C5H10BrN/c6-5-1-3-7-4-2-5/h5,7H,1-4H2/p+1. The van der Waals surface area contributed by atoms with Crippen molar-refractivity contribution in [2.24, 2.45) is 0 Å². The fourth-order valence-electron chi connectivity index (χ4n) is 0.886. The quantitative estimate of drug-likeness (QED) is 0.490. The van der Waals surface area contributed by atoms with Gasteiger partial charge in [-0.2, -0.15) is 0 Å². The third-order valence-electron chi connectivity index (χ3n) is 1.37. The Morgan fingerprint density at radius 3 is 2.14 bits per heavy atom. The maximum absolute atomic E-state index is 3.57. The zero-order valence-electron chi connectivity index (χ0n) is 4.36. The zero-order valence-corrected chi connectivity index (χ0v) is 5.95.